The fraction of sp³-hybridized carbons (Fsp3) is 0.364. The van der Waals surface area contributed by atoms with Crippen LogP contribution in [0.5, 0.6) is 0 Å². The van der Waals surface area contributed by atoms with Crippen LogP contribution in [0.2, 0.25) is 0 Å². The van der Waals surface area contributed by atoms with Crippen molar-refractivity contribution in [3.05, 3.63) is 11.1 Å². The average Bonchev–Trinajstić information content (AvgIpc) is 2.85. The highest BCUT2D eigenvalue weighted by molar-refractivity contribution is 7.14. The number of nitrogens with two attached hydrogens (primary N) is 1. The predicted molar refractivity (Wildman–Crippen MR) is 73.7 cm³/mol. The zero-order valence-electron chi connectivity index (χ0n) is 11.1. The molecule has 0 aliphatic carbocycles. The second kappa shape index (κ2) is 7.33. The van der Waals surface area contributed by atoms with Crippen molar-refractivity contribution in [3.63, 3.8) is 0 Å². The SMILES string of the molecule is CCC(=O)Nc1nc(C(=O)NC(CC(N)=O)C(=O)O)cs1. The van der Waals surface area contributed by atoms with Crippen LogP contribution >= 0.6 is 11.3 Å². The summed E-state index contributed by atoms with van der Waals surface area (Å²) in [6.07, 6.45) is -0.258. The Labute approximate surface area is 123 Å². The van der Waals surface area contributed by atoms with Gasteiger partial charge in [-0.25, -0.2) is 9.78 Å². The Morgan fingerprint density at radius 2 is 2.10 bits per heavy atom. The van der Waals surface area contributed by atoms with Crippen LogP contribution < -0.4 is 16.4 Å². The number of carboxylic acid groups (broad SMARTS) is 1. The van der Waals surface area contributed by atoms with Gasteiger partial charge in [-0.15, -0.1) is 11.3 Å². The molecule has 1 atom stereocenters. The van der Waals surface area contributed by atoms with E-state index in [1.165, 1.54) is 5.38 Å². The number of hydrogen-bond donors (Lipinski definition) is 4. The number of primary amides is 1. The molecule has 3 amide bonds. The lowest BCUT2D eigenvalue weighted by molar-refractivity contribution is -0.140. The maximum absolute atomic E-state index is 11.8. The van der Waals surface area contributed by atoms with Gasteiger partial charge in [-0.3, -0.25) is 14.4 Å². The number of nitrogens with one attached hydrogen (secondary N) is 2. The molecule has 1 aromatic heterocycles. The number of rotatable bonds is 7. The first-order chi connectivity index (χ1) is 9.83. The molecule has 0 saturated heterocycles. The van der Waals surface area contributed by atoms with E-state index >= 15 is 0 Å². The van der Waals surface area contributed by atoms with Gasteiger partial charge in [0.1, 0.15) is 11.7 Å². The van der Waals surface area contributed by atoms with Gasteiger partial charge in [0.25, 0.3) is 5.91 Å². The van der Waals surface area contributed by atoms with Crippen LogP contribution in [0.15, 0.2) is 5.38 Å². The summed E-state index contributed by atoms with van der Waals surface area (Å²) in [6, 6.07) is -1.43. The van der Waals surface area contributed by atoms with E-state index in [0.717, 1.165) is 11.3 Å². The molecule has 0 bridgehead atoms. The minimum absolute atomic E-state index is 0.0536. The van der Waals surface area contributed by atoms with Crippen molar-refractivity contribution in [1.29, 1.82) is 0 Å². The highest BCUT2D eigenvalue weighted by atomic mass is 32.1. The molecule has 0 spiro atoms. The van der Waals surface area contributed by atoms with Gasteiger partial charge in [0.15, 0.2) is 5.13 Å². The zero-order chi connectivity index (χ0) is 16.0. The molecule has 10 heteroatoms. The van der Waals surface area contributed by atoms with Gasteiger partial charge in [-0.2, -0.15) is 0 Å². The molecule has 0 radical (unpaired) electrons. The lowest BCUT2D eigenvalue weighted by Crippen LogP contribution is -2.43. The van der Waals surface area contributed by atoms with Crippen LogP contribution in [-0.4, -0.2) is 39.8 Å². The quantitative estimate of drug-likeness (QED) is 0.535. The van der Waals surface area contributed by atoms with Gasteiger partial charge in [-0.05, 0) is 0 Å². The van der Waals surface area contributed by atoms with Gasteiger partial charge >= 0.3 is 5.97 Å². The first kappa shape index (κ1) is 16.6. The van der Waals surface area contributed by atoms with Crippen LogP contribution in [0.1, 0.15) is 30.3 Å². The number of hydrogen-bond acceptors (Lipinski definition) is 6. The summed E-state index contributed by atoms with van der Waals surface area (Å²) in [6.45, 7) is 1.66. The number of nitrogens with zero attached hydrogens (tertiary/aromatic N) is 1. The largest absolute Gasteiger partial charge is 0.480 e. The van der Waals surface area contributed by atoms with E-state index < -0.39 is 30.2 Å². The van der Waals surface area contributed by atoms with Crippen molar-refractivity contribution in [2.24, 2.45) is 5.73 Å². The summed E-state index contributed by atoms with van der Waals surface area (Å²) < 4.78 is 0. The fourth-order valence-electron chi connectivity index (χ4n) is 1.28. The molecule has 114 valence electrons. The molecule has 0 fully saturated rings. The van der Waals surface area contributed by atoms with Gasteiger partial charge < -0.3 is 21.5 Å². The summed E-state index contributed by atoms with van der Waals surface area (Å²) in [5, 5.41) is 15.1. The Balaban J connectivity index is 2.72. The Morgan fingerprint density at radius 3 is 2.62 bits per heavy atom. The van der Waals surface area contributed by atoms with Crippen molar-refractivity contribution in [2.45, 2.75) is 25.8 Å². The zero-order valence-corrected chi connectivity index (χ0v) is 11.9. The van der Waals surface area contributed by atoms with E-state index in [9.17, 15) is 19.2 Å². The predicted octanol–water partition coefficient (Wildman–Crippen LogP) is -0.450. The third-order valence-electron chi connectivity index (χ3n) is 2.31. The first-order valence-corrected chi connectivity index (χ1v) is 6.78. The molecule has 1 aromatic rings. The van der Waals surface area contributed by atoms with E-state index in [1.54, 1.807) is 6.92 Å². The smallest absolute Gasteiger partial charge is 0.326 e. The van der Waals surface area contributed by atoms with E-state index in [0.29, 0.717) is 0 Å². The fourth-order valence-corrected chi connectivity index (χ4v) is 1.98. The first-order valence-electron chi connectivity index (χ1n) is 5.90. The topological polar surface area (TPSA) is 151 Å². The van der Waals surface area contributed by atoms with Gasteiger partial charge in [0.05, 0.1) is 6.42 Å². The number of aliphatic carboxylic acids is 1. The van der Waals surface area contributed by atoms with E-state index in [2.05, 4.69) is 15.6 Å². The van der Waals surface area contributed by atoms with Crippen molar-refractivity contribution in [3.8, 4) is 0 Å². The molecule has 0 aliphatic heterocycles. The van der Waals surface area contributed by atoms with Gasteiger partial charge in [0.2, 0.25) is 11.8 Å². The van der Waals surface area contributed by atoms with Crippen LogP contribution in [0.4, 0.5) is 5.13 Å². The van der Waals surface area contributed by atoms with E-state index in [1.807, 2.05) is 0 Å². The van der Waals surface area contributed by atoms with E-state index in [-0.39, 0.29) is 23.2 Å². The van der Waals surface area contributed by atoms with Crippen molar-refractivity contribution < 1.29 is 24.3 Å². The average molecular weight is 314 g/mol. The Bertz CT molecular complexity index is 571. The lowest BCUT2D eigenvalue weighted by Gasteiger charge is -2.11. The van der Waals surface area contributed by atoms with Crippen molar-refractivity contribution in [1.82, 2.24) is 10.3 Å². The second-order valence-corrected chi connectivity index (χ2v) is 4.83. The summed E-state index contributed by atoms with van der Waals surface area (Å²) in [5.41, 5.74) is 4.85. The highest BCUT2D eigenvalue weighted by Gasteiger charge is 2.24. The minimum atomic E-state index is -1.43. The van der Waals surface area contributed by atoms with Crippen molar-refractivity contribution >= 4 is 40.2 Å². The Morgan fingerprint density at radius 1 is 1.43 bits per heavy atom. The van der Waals surface area contributed by atoms with Crippen molar-refractivity contribution in [2.75, 3.05) is 5.32 Å². The summed E-state index contributed by atoms with van der Waals surface area (Å²) in [5.74, 6) is -3.25. The molecule has 1 unspecified atom stereocenters. The molecule has 0 saturated carbocycles. The summed E-state index contributed by atoms with van der Waals surface area (Å²) in [4.78, 5) is 48.5. The number of thiazole rings is 1. The molecule has 1 rings (SSSR count). The number of carbonyl (C=O) groups excluding carboxylic acids is 3. The lowest BCUT2D eigenvalue weighted by atomic mass is 10.2. The third kappa shape index (κ3) is 5.18. The van der Waals surface area contributed by atoms with Crippen LogP contribution in [0.25, 0.3) is 0 Å². The summed E-state index contributed by atoms with van der Waals surface area (Å²) in [7, 11) is 0. The maximum atomic E-state index is 11.8. The molecule has 9 nitrogen and oxygen atoms in total. The molecule has 1 heterocycles. The van der Waals surface area contributed by atoms with Gasteiger partial charge in [-0.1, -0.05) is 6.92 Å². The minimum Gasteiger partial charge on any atom is -0.480 e. The monoisotopic (exact) mass is 314 g/mol. The van der Waals surface area contributed by atoms with Crippen LogP contribution in [0, 0.1) is 0 Å². The molecule has 0 aliphatic rings. The number of aromatic nitrogens is 1. The van der Waals surface area contributed by atoms with Crippen LogP contribution in [0.3, 0.4) is 0 Å². The molecular weight excluding hydrogens is 300 g/mol. The highest BCUT2D eigenvalue weighted by Crippen LogP contribution is 2.15. The van der Waals surface area contributed by atoms with Crippen LogP contribution in [-0.2, 0) is 14.4 Å². The number of amides is 3. The van der Waals surface area contributed by atoms with E-state index in [4.69, 9.17) is 10.8 Å². The number of carboxylic acids is 1. The molecule has 21 heavy (non-hydrogen) atoms. The van der Waals surface area contributed by atoms with Gasteiger partial charge in [0, 0.05) is 11.8 Å². The Hall–Kier alpha value is -2.49. The maximum Gasteiger partial charge on any atom is 0.326 e. The molecule has 5 N–H and O–H groups in total. The second-order valence-electron chi connectivity index (χ2n) is 3.97. The Kier molecular flexibility index (Phi) is 5.79. The standard InChI is InChI=1S/C11H14N4O5S/c1-2-8(17)15-11-14-6(4-21-11)9(18)13-5(10(19)20)3-7(12)16/h4-5H,2-3H2,1H3,(H2,12,16)(H,13,18)(H,19,20)(H,14,15,17). The number of carbonyl (C=O) groups is 4. The molecule has 0 aromatic carbocycles. The third-order valence-corrected chi connectivity index (χ3v) is 3.07. The molecular formula is C11H14N4O5S. The normalized spacial score (nSPS) is 11.5. The number of anilines is 1. The summed E-state index contributed by atoms with van der Waals surface area (Å²) >= 11 is 1.03.